The van der Waals surface area contributed by atoms with E-state index in [4.69, 9.17) is 31.0 Å². The molecule has 0 unspecified atom stereocenters. The molecule has 0 bridgehead atoms. The molecule has 0 saturated heterocycles. The molecule has 0 fully saturated rings. The smallest absolute Gasteiger partial charge is 0.117 e. The van der Waals surface area contributed by atoms with Gasteiger partial charge in [0.15, 0.2) is 0 Å². The van der Waals surface area contributed by atoms with Crippen LogP contribution >= 0.6 is 11.6 Å². The van der Waals surface area contributed by atoms with Gasteiger partial charge in [-0.15, -0.1) is 0 Å². The van der Waals surface area contributed by atoms with Crippen molar-refractivity contribution < 1.29 is 14.4 Å². The van der Waals surface area contributed by atoms with Gasteiger partial charge in [0.25, 0.3) is 0 Å². The normalized spacial score (nSPS) is 12.0. The van der Waals surface area contributed by atoms with Crippen LogP contribution in [-0.4, -0.2) is 35.1 Å². The molecule has 0 saturated carbocycles. The van der Waals surface area contributed by atoms with Crippen molar-refractivity contribution in [2.75, 3.05) is 13.7 Å². The fourth-order valence-corrected chi connectivity index (χ4v) is 3.48. The second-order valence-corrected chi connectivity index (χ2v) is 8.54. The summed E-state index contributed by atoms with van der Waals surface area (Å²) in [6.45, 7) is 7.14. The van der Waals surface area contributed by atoms with Gasteiger partial charge in [-0.1, -0.05) is 40.1 Å². The van der Waals surface area contributed by atoms with E-state index in [1.807, 2.05) is 69.3 Å². The zero-order valence-corrected chi connectivity index (χ0v) is 21.4. The Balaban J connectivity index is 1.58. The first-order chi connectivity index (χ1) is 16.9. The number of ether oxygens (including phenoxy) is 1. The SMILES string of the molecule is CON=C(C)c1cc(COCc2ccc(Cl)cc2)cc(CCCON=C(C)c2cccc(C)n2)n1. The van der Waals surface area contributed by atoms with E-state index in [1.54, 1.807) is 0 Å². The molecule has 3 aromatic rings. The Labute approximate surface area is 211 Å². The van der Waals surface area contributed by atoms with E-state index >= 15 is 0 Å². The lowest BCUT2D eigenvalue weighted by molar-refractivity contribution is 0.107. The van der Waals surface area contributed by atoms with Gasteiger partial charge in [-0.05, 0) is 81.1 Å². The standard InChI is InChI=1S/C27H31ClN4O3/c1-19-7-5-9-26(29-19)20(2)32-35-14-6-8-25-15-23(16-27(30-25)21(3)31-33-4)18-34-17-22-10-12-24(28)13-11-22/h5,7,9-13,15-16H,6,8,14,17-18H2,1-4H3. The van der Waals surface area contributed by atoms with Gasteiger partial charge in [0.05, 0.1) is 24.6 Å². The van der Waals surface area contributed by atoms with Gasteiger partial charge in [0.2, 0.25) is 0 Å². The van der Waals surface area contributed by atoms with Crippen LogP contribution in [0.25, 0.3) is 0 Å². The molecular weight excluding hydrogens is 464 g/mol. The van der Waals surface area contributed by atoms with Crippen molar-refractivity contribution in [1.82, 2.24) is 9.97 Å². The van der Waals surface area contributed by atoms with Crippen LogP contribution in [0.15, 0.2) is 64.9 Å². The fourth-order valence-electron chi connectivity index (χ4n) is 3.35. The number of benzene rings is 1. The Bertz CT molecular complexity index is 1160. The molecule has 0 aliphatic rings. The van der Waals surface area contributed by atoms with E-state index in [0.29, 0.717) is 30.6 Å². The lowest BCUT2D eigenvalue weighted by Gasteiger charge is -2.10. The Morgan fingerprint density at radius 3 is 2.37 bits per heavy atom. The Hall–Kier alpha value is -3.29. The molecular formula is C27H31ClN4O3. The third-order valence-corrected chi connectivity index (χ3v) is 5.37. The Kier molecular flexibility index (Phi) is 10.2. The van der Waals surface area contributed by atoms with E-state index < -0.39 is 0 Å². The minimum Gasteiger partial charge on any atom is -0.399 e. The van der Waals surface area contributed by atoms with Crippen LogP contribution in [-0.2, 0) is 34.0 Å². The molecule has 2 heterocycles. The lowest BCUT2D eigenvalue weighted by Crippen LogP contribution is -2.07. The van der Waals surface area contributed by atoms with E-state index in [2.05, 4.69) is 21.4 Å². The molecule has 184 valence electrons. The van der Waals surface area contributed by atoms with Crippen LogP contribution in [0.3, 0.4) is 0 Å². The Morgan fingerprint density at radius 2 is 1.63 bits per heavy atom. The Morgan fingerprint density at radius 1 is 0.886 bits per heavy atom. The topological polar surface area (TPSA) is 78.2 Å². The molecule has 8 heteroatoms. The summed E-state index contributed by atoms with van der Waals surface area (Å²) in [6.07, 6.45) is 1.50. The van der Waals surface area contributed by atoms with Crippen molar-refractivity contribution in [3.63, 3.8) is 0 Å². The third kappa shape index (κ3) is 8.77. The molecule has 7 nitrogen and oxygen atoms in total. The highest BCUT2D eigenvalue weighted by atomic mass is 35.5. The fraction of sp³-hybridized carbons (Fsp3) is 0.333. The predicted molar refractivity (Wildman–Crippen MR) is 139 cm³/mol. The first-order valence-corrected chi connectivity index (χ1v) is 11.8. The summed E-state index contributed by atoms with van der Waals surface area (Å²) in [7, 11) is 1.52. The highest BCUT2D eigenvalue weighted by Gasteiger charge is 2.08. The number of hydrogen-bond donors (Lipinski definition) is 0. The second-order valence-electron chi connectivity index (χ2n) is 8.11. The maximum absolute atomic E-state index is 5.95. The highest BCUT2D eigenvalue weighted by Crippen LogP contribution is 2.14. The van der Waals surface area contributed by atoms with Gasteiger partial charge in [0, 0.05) is 16.4 Å². The quantitative estimate of drug-likeness (QED) is 0.178. The van der Waals surface area contributed by atoms with Gasteiger partial charge in [-0.2, -0.15) is 0 Å². The maximum Gasteiger partial charge on any atom is 0.117 e. The number of hydrogen-bond acceptors (Lipinski definition) is 7. The molecule has 35 heavy (non-hydrogen) atoms. The zero-order chi connectivity index (χ0) is 25.0. The molecule has 0 atom stereocenters. The average Bonchev–Trinajstić information content (AvgIpc) is 2.85. The van der Waals surface area contributed by atoms with E-state index in [9.17, 15) is 0 Å². The van der Waals surface area contributed by atoms with Gasteiger partial charge >= 0.3 is 0 Å². The summed E-state index contributed by atoms with van der Waals surface area (Å²) in [5, 5.41) is 8.94. The van der Waals surface area contributed by atoms with Crippen LogP contribution in [0.5, 0.6) is 0 Å². The predicted octanol–water partition coefficient (Wildman–Crippen LogP) is 5.90. The van der Waals surface area contributed by atoms with Crippen LogP contribution < -0.4 is 0 Å². The number of oxime groups is 2. The van der Waals surface area contributed by atoms with Crippen LogP contribution in [0, 0.1) is 6.92 Å². The molecule has 0 amide bonds. The average molecular weight is 495 g/mol. The zero-order valence-electron chi connectivity index (χ0n) is 20.6. The summed E-state index contributed by atoms with van der Waals surface area (Å²) in [5.41, 5.74) is 6.99. The first kappa shape index (κ1) is 26.3. The number of halogens is 1. The molecule has 0 N–H and O–H groups in total. The van der Waals surface area contributed by atoms with E-state index in [0.717, 1.165) is 52.5 Å². The summed E-state index contributed by atoms with van der Waals surface area (Å²) in [5.74, 6) is 0. The van der Waals surface area contributed by atoms with Crippen molar-refractivity contribution in [3.8, 4) is 0 Å². The van der Waals surface area contributed by atoms with Crippen LogP contribution in [0.2, 0.25) is 5.02 Å². The van der Waals surface area contributed by atoms with Gasteiger partial charge in [-0.3, -0.25) is 9.97 Å². The number of pyridine rings is 2. The van der Waals surface area contributed by atoms with Crippen molar-refractivity contribution in [1.29, 1.82) is 0 Å². The highest BCUT2D eigenvalue weighted by molar-refractivity contribution is 6.30. The van der Waals surface area contributed by atoms with Crippen molar-refractivity contribution in [2.24, 2.45) is 10.3 Å². The summed E-state index contributed by atoms with van der Waals surface area (Å²) < 4.78 is 5.92. The maximum atomic E-state index is 5.95. The van der Waals surface area contributed by atoms with Crippen molar-refractivity contribution in [3.05, 3.63) is 93.5 Å². The lowest BCUT2D eigenvalue weighted by atomic mass is 10.1. The largest absolute Gasteiger partial charge is 0.399 e. The number of rotatable bonds is 12. The molecule has 1 aromatic carbocycles. The number of aromatic nitrogens is 2. The molecule has 2 aromatic heterocycles. The monoisotopic (exact) mass is 494 g/mol. The minimum atomic E-state index is 0.453. The summed E-state index contributed by atoms with van der Waals surface area (Å²) in [4.78, 5) is 19.6. The molecule has 0 spiro atoms. The minimum absolute atomic E-state index is 0.453. The molecule has 3 rings (SSSR count). The van der Waals surface area contributed by atoms with E-state index in [-0.39, 0.29) is 0 Å². The number of aryl methyl sites for hydroxylation is 2. The van der Waals surface area contributed by atoms with Gasteiger partial charge in [0.1, 0.15) is 25.1 Å². The van der Waals surface area contributed by atoms with Gasteiger partial charge < -0.3 is 14.4 Å². The van der Waals surface area contributed by atoms with Crippen LogP contribution in [0.4, 0.5) is 0 Å². The van der Waals surface area contributed by atoms with Gasteiger partial charge in [-0.25, -0.2) is 0 Å². The third-order valence-electron chi connectivity index (χ3n) is 5.12. The van der Waals surface area contributed by atoms with Crippen molar-refractivity contribution in [2.45, 2.75) is 46.8 Å². The first-order valence-electron chi connectivity index (χ1n) is 11.5. The summed E-state index contributed by atoms with van der Waals surface area (Å²) >= 11 is 5.95. The second kappa shape index (κ2) is 13.6. The number of nitrogens with zero attached hydrogens (tertiary/aromatic N) is 4. The molecule has 0 aliphatic carbocycles. The van der Waals surface area contributed by atoms with Crippen molar-refractivity contribution >= 4 is 23.0 Å². The van der Waals surface area contributed by atoms with E-state index in [1.165, 1.54) is 7.11 Å². The molecule has 0 aliphatic heterocycles. The molecule has 0 radical (unpaired) electrons. The van der Waals surface area contributed by atoms with Crippen LogP contribution in [0.1, 0.15) is 54.2 Å². The summed E-state index contributed by atoms with van der Waals surface area (Å²) in [6, 6.07) is 17.5.